The zero-order chi connectivity index (χ0) is 13.4. The Morgan fingerprint density at radius 2 is 1.89 bits per heavy atom. The molecule has 2 atom stereocenters. The minimum atomic E-state index is -0.206. The van der Waals surface area contributed by atoms with Crippen LogP contribution in [-0.2, 0) is 4.74 Å². The normalized spacial score (nSPS) is 14.4. The van der Waals surface area contributed by atoms with Crippen molar-refractivity contribution in [1.82, 2.24) is 5.32 Å². The molecule has 0 bridgehead atoms. The van der Waals surface area contributed by atoms with E-state index in [4.69, 9.17) is 4.74 Å². The Kier molecular flexibility index (Phi) is 6.91. The van der Waals surface area contributed by atoms with E-state index in [-0.39, 0.29) is 18.0 Å². The summed E-state index contributed by atoms with van der Waals surface area (Å²) in [7, 11) is 0. The Labute approximate surface area is 110 Å². The van der Waals surface area contributed by atoms with Gasteiger partial charge in [0.2, 0.25) is 0 Å². The molecule has 102 valence electrons. The molecule has 0 heterocycles. The van der Waals surface area contributed by atoms with Crippen molar-refractivity contribution in [2.45, 2.75) is 45.8 Å². The van der Waals surface area contributed by atoms with Crippen LogP contribution in [0.25, 0.3) is 0 Å². The fraction of sp³-hybridized carbons (Fsp3) is 0.600. The topological polar surface area (TPSA) is 21.3 Å². The highest BCUT2D eigenvalue weighted by Crippen LogP contribution is 2.20. The van der Waals surface area contributed by atoms with Crippen molar-refractivity contribution in [3.05, 3.63) is 35.6 Å². The van der Waals surface area contributed by atoms with Gasteiger partial charge in [-0.3, -0.25) is 0 Å². The zero-order valence-electron chi connectivity index (χ0n) is 11.6. The first-order valence-electron chi connectivity index (χ1n) is 6.79. The molecule has 3 heteroatoms. The minimum Gasteiger partial charge on any atom is -0.369 e. The van der Waals surface area contributed by atoms with Gasteiger partial charge >= 0.3 is 0 Å². The van der Waals surface area contributed by atoms with Crippen molar-refractivity contribution in [1.29, 1.82) is 0 Å². The molecule has 1 rings (SSSR count). The van der Waals surface area contributed by atoms with Gasteiger partial charge in [0.15, 0.2) is 0 Å². The zero-order valence-corrected chi connectivity index (χ0v) is 11.6. The smallest absolute Gasteiger partial charge is 0.123 e. The van der Waals surface area contributed by atoms with E-state index in [0.29, 0.717) is 0 Å². The lowest BCUT2D eigenvalue weighted by atomic mass is 10.1. The molecule has 0 aliphatic carbocycles. The quantitative estimate of drug-likeness (QED) is 0.714. The van der Waals surface area contributed by atoms with E-state index in [9.17, 15) is 4.39 Å². The average molecular weight is 253 g/mol. The molecule has 0 aromatic heterocycles. The van der Waals surface area contributed by atoms with Gasteiger partial charge in [0.1, 0.15) is 5.82 Å². The number of rotatable bonds is 8. The maximum absolute atomic E-state index is 12.9. The Balaban J connectivity index is 2.66. The summed E-state index contributed by atoms with van der Waals surface area (Å²) in [5.41, 5.74) is 1.03. The highest BCUT2D eigenvalue weighted by atomic mass is 19.1. The van der Waals surface area contributed by atoms with Crippen LogP contribution in [0.1, 0.15) is 45.3 Å². The van der Waals surface area contributed by atoms with Crippen LogP contribution >= 0.6 is 0 Å². The second-order valence-electron chi connectivity index (χ2n) is 4.60. The molecule has 1 aromatic rings. The van der Waals surface area contributed by atoms with E-state index in [0.717, 1.165) is 31.5 Å². The molecule has 2 nitrogen and oxygen atoms in total. The van der Waals surface area contributed by atoms with Crippen molar-refractivity contribution in [3.63, 3.8) is 0 Å². The lowest BCUT2D eigenvalue weighted by Gasteiger charge is -2.22. The molecule has 2 unspecified atom stereocenters. The number of hydrogen-bond acceptors (Lipinski definition) is 2. The van der Waals surface area contributed by atoms with Crippen molar-refractivity contribution in [3.8, 4) is 0 Å². The predicted molar refractivity (Wildman–Crippen MR) is 73.1 cm³/mol. The summed E-state index contributed by atoms with van der Waals surface area (Å²) < 4.78 is 18.9. The van der Waals surface area contributed by atoms with E-state index in [2.05, 4.69) is 26.1 Å². The molecule has 0 saturated heterocycles. The van der Waals surface area contributed by atoms with Gasteiger partial charge in [-0.05, 0) is 44.0 Å². The first-order chi connectivity index (χ1) is 8.67. The van der Waals surface area contributed by atoms with E-state index >= 15 is 0 Å². The fourth-order valence-corrected chi connectivity index (χ4v) is 1.71. The number of nitrogens with one attached hydrogen (secondary N) is 1. The summed E-state index contributed by atoms with van der Waals surface area (Å²) in [4.78, 5) is 0. The largest absolute Gasteiger partial charge is 0.369 e. The number of ether oxygens (including phenoxy) is 1. The Morgan fingerprint density at radius 1 is 1.22 bits per heavy atom. The molecule has 18 heavy (non-hydrogen) atoms. The number of halogens is 1. The van der Waals surface area contributed by atoms with Crippen molar-refractivity contribution < 1.29 is 9.13 Å². The Hall–Kier alpha value is -0.930. The highest BCUT2D eigenvalue weighted by molar-refractivity contribution is 5.19. The van der Waals surface area contributed by atoms with Crippen LogP contribution in [0.5, 0.6) is 0 Å². The first kappa shape index (κ1) is 15.1. The standard InChI is InChI=1S/C15H24FNO/c1-4-10-17-11-15(18-12(3)5-2)13-6-8-14(16)9-7-13/h6-9,12,15,17H,4-5,10-11H2,1-3H3. The molecular formula is C15H24FNO. The molecule has 0 saturated carbocycles. The predicted octanol–water partition coefficient (Wildman–Crippen LogP) is 3.68. The first-order valence-corrected chi connectivity index (χ1v) is 6.79. The molecule has 0 fully saturated rings. The summed E-state index contributed by atoms with van der Waals surface area (Å²) in [5.74, 6) is -0.206. The van der Waals surface area contributed by atoms with Gasteiger partial charge in [0.25, 0.3) is 0 Å². The molecule has 0 aliphatic rings. The van der Waals surface area contributed by atoms with Crippen LogP contribution in [-0.4, -0.2) is 19.2 Å². The second kappa shape index (κ2) is 8.22. The summed E-state index contributed by atoms with van der Waals surface area (Å²) in [6.07, 6.45) is 2.28. The van der Waals surface area contributed by atoms with Crippen LogP contribution < -0.4 is 5.32 Å². The van der Waals surface area contributed by atoms with Crippen LogP contribution in [0.3, 0.4) is 0 Å². The van der Waals surface area contributed by atoms with Gasteiger partial charge in [-0.1, -0.05) is 26.0 Å². The third-order valence-electron chi connectivity index (χ3n) is 2.97. The van der Waals surface area contributed by atoms with E-state index in [1.807, 2.05) is 0 Å². The SMILES string of the molecule is CCCNCC(OC(C)CC)c1ccc(F)cc1. The molecule has 0 radical (unpaired) electrons. The highest BCUT2D eigenvalue weighted by Gasteiger charge is 2.14. The molecular weight excluding hydrogens is 229 g/mol. The van der Waals surface area contributed by atoms with Crippen LogP contribution in [0.15, 0.2) is 24.3 Å². The third-order valence-corrected chi connectivity index (χ3v) is 2.97. The van der Waals surface area contributed by atoms with E-state index in [1.54, 1.807) is 12.1 Å². The summed E-state index contributed by atoms with van der Waals surface area (Å²) in [5, 5.41) is 3.36. The monoisotopic (exact) mass is 253 g/mol. The van der Waals surface area contributed by atoms with Crippen LogP contribution in [0.4, 0.5) is 4.39 Å². The summed E-state index contributed by atoms with van der Waals surface area (Å²) in [6, 6.07) is 6.58. The summed E-state index contributed by atoms with van der Waals surface area (Å²) >= 11 is 0. The second-order valence-corrected chi connectivity index (χ2v) is 4.60. The molecule has 0 spiro atoms. The van der Waals surface area contributed by atoms with Crippen LogP contribution in [0, 0.1) is 5.82 Å². The van der Waals surface area contributed by atoms with Gasteiger partial charge in [-0.25, -0.2) is 4.39 Å². The van der Waals surface area contributed by atoms with Gasteiger partial charge < -0.3 is 10.1 Å². The van der Waals surface area contributed by atoms with E-state index < -0.39 is 0 Å². The average Bonchev–Trinajstić information content (AvgIpc) is 2.38. The Bertz CT molecular complexity index is 326. The van der Waals surface area contributed by atoms with Crippen LogP contribution in [0.2, 0.25) is 0 Å². The van der Waals surface area contributed by atoms with Gasteiger partial charge in [0, 0.05) is 6.54 Å². The van der Waals surface area contributed by atoms with E-state index in [1.165, 1.54) is 12.1 Å². The molecule has 0 amide bonds. The minimum absolute atomic E-state index is 0.00731. The molecule has 1 N–H and O–H groups in total. The lowest BCUT2D eigenvalue weighted by molar-refractivity contribution is -0.00443. The Morgan fingerprint density at radius 3 is 2.44 bits per heavy atom. The van der Waals surface area contributed by atoms with Gasteiger partial charge in [-0.15, -0.1) is 0 Å². The van der Waals surface area contributed by atoms with Crippen molar-refractivity contribution >= 4 is 0 Å². The van der Waals surface area contributed by atoms with Crippen molar-refractivity contribution in [2.75, 3.05) is 13.1 Å². The lowest BCUT2D eigenvalue weighted by Crippen LogP contribution is -2.26. The summed E-state index contributed by atoms with van der Waals surface area (Å²) in [6.45, 7) is 8.04. The number of hydrogen-bond donors (Lipinski definition) is 1. The number of benzene rings is 1. The molecule has 0 aliphatic heterocycles. The van der Waals surface area contributed by atoms with Gasteiger partial charge in [0.05, 0.1) is 12.2 Å². The van der Waals surface area contributed by atoms with Gasteiger partial charge in [-0.2, -0.15) is 0 Å². The maximum atomic E-state index is 12.9. The van der Waals surface area contributed by atoms with Crippen molar-refractivity contribution in [2.24, 2.45) is 0 Å². The molecule has 1 aromatic carbocycles. The third kappa shape index (κ3) is 5.15. The maximum Gasteiger partial charge on any atom is 0.123 e. The fourth-order valence-electron chi connectivity index (χ4n) is 1.71.